The molecule has 1 N–H and O–H groups in total. The van der Waals surface area contributed by atoms with Crippen LogP contribution in [0.5, 0.6) is 0 Å². The second kappa shape index (κ2) is 8.85. The molecule has 2 aromatic carbocycles. The van der Waals surface area contributed by atoms with Crippen molar-refractivity contribution < 1.29 is 14.0 Å². The molecule has 0 bridgehead atoms. The Bertz CT molecular complexity index is 1200. The van der Waals surface area contributed by atoms with Crippen LogP contribution in [0.1, 0.15) is 35.3 Å². The number of benzene rings is 2. The minimum absolute atomic E-state index is 0.137. The molecule has 3 heterocycles. The highest BCUT2D eigenvalue weighted by Crippen LogP contribution is 2.38. The van der Waals surface area contributed by atoms with Crippen molar-refractivity contribution in [3.05, 3.63) is 83.8 Å². The van der Waals surface area contributed by atoms with E-state index in [4.69, 9.17) is 0 Å². The average Bonchev–Trinajstić information content (AvgIpc) is 3.20. The highest BCUT2D eigenvalue weighted by atomic mass is 19.1. The Hall–Kier alpha value is -3.41. The van der Waals surface area contributed by atoms with Crippen LogP contribution in [-0.4, -0.2) is 52.8 Å². The van der Waals surface area contributed by atoms with Crippen LogP contribution in [-0.2, 0) is 11.2 Å². The molecule has 2 aliphatic heterocycles. The van der Waals surface area contributed by atoms with Gasteiger partial charge in [-0.15, -0.1) is 0 Å². The van der Waals surface area contributed by atoms with Gasteiger partial charge >= 0.3 is 0 Å². The lowest BCUT2D eigenvalue weighted by Crippen LogP contribution is -2.54. The lowest BCUT2D eigenvalue weighted by molar-refractivity contribution is -0.143. The number of aromatic nitrogens is 1. The van der Waals surface area contributed by atoms with Crippen molar-refractivity contribution in [2.45, 2.75) is 25.7 Å². The van der Waals surface area contributed by atoms with Crippen LogP contribution in [0, 0.1) is 11.2 Å². The standard InChI is InChI=1S/C27H28FN3O2/c28-22-10-9-21-17-24(29-23(21)18-22)25(32)31-15-6-13-27(19-31)12-4-5-14-30(26(27)33)16-11-20-7-2-1-3-8-20/h1-5,7-10,17-18,29H,6,11-16,19H2. The van der Waals surface area contributed by atoms with E-state index in [0.29, 0.717) is 43.8 Å². The van der Waals surface area contributed by atoms with Gasteiger partial charge in [-0.05, 0) is 55.5 Å². The molecule has 1 unspecified atom stereocenters. The lowest BCUT2D eigenvalue weighted by atomic mass is 9.76. The number of likely N-dealkylation sites (tertiary alicyclic amines) is 1. The number of piperidine rings is 1. The first-order chi connectivity index (χ1) is 16.0. The van der Waals surface area contributed by atoms with Gasteiger partial charge in [0.1, 0.15) is 11.5 Å². The molecule has 1 saturated heterocycles. The van der Waals surface area contributed by atoms with Crippen molar-refractivity contribution in [1.29, 1.82) is 0 Å². The monoisotopic (exact) mass is 445 g/mol. The van der Waals surface area contributed by atoms with E-state index < -0.39 is 5.41 Å². The van der Waals surface area contributed by atoms with Gasteiger partial charge in [-0.3, -0.25) is 9.59 Å². The SMILES string of the molecule is O=C(c1cc2ccc(F)cc2[nH]1)N1CCCC2(CC=CCN(CCc3ccccc3)C2=O)C1. The summed E-state index contributed by atoms with van der Waals surface area (Å²) in [5.41, 5.74) is 1.66. The number of nitrogens with zero attached hydrogens (tertiary/aromatic N) is 2. The molecule has 5 rings (SSSR count). The fourth-order valence-electron chi connectivity index (χ4n) is 5.15. The van der Waals surface area contributed by atoms with Crippen molar-refractivity contribution in [3.63, 3.8) is 0 Å². The van der Waals surface area contributed by atoms with Gasteiger partial charge in [0.05, 0.1) is 5.41 Å². The summed E-state index contributed by atoms with van der Waals surface area (Å²) in [5.74, 6) is -0.339. The van der Waals surface area contributed by atoms with Crippen LogP contribution in [0.2, 0.25) is 0 Å². The number of halogens is 1. The predicted molar refractivity (Wildman–Crippen MR) is 126 cm³/mol. The van der Waals surface area contributed by atoms with Crippen LogP contribution in [0.3, 0.4) is 0 Å². The smallest absolute Gasteiger partial charge is 0.270 e. The van der Waals surface area contributed by atoms with Crippen LogP contribution in [0.15, 0.2) is 66.7 Å². The largest absolute Gasteiger partial charge is 0.350 e. The summed E-state index contributed by atoms with van der Waals surface area (Å²) < 4.78 is 13.6. The predicted octanol–water partition coefficient (Wildman–Crippen LogP) is 4.56. The number of rotatable bonds is 4. The van der Waals surface area contributed by atoms with E-state index in [1.807, 2.05) is 23.1 Å². The molecule has 6 heteroatoms. The number of H-pyrrole nitrogens is 1. The molecule has 2 aliphatic rings. The number of allylic oxidation sites excluding steroid dienone is 1. The fraction of sp³-hybridized carbons (Fsp3) is 0.333. The number of amides is 2. The van der Waals surface area contributed by atoms with E-state index in [9.17, 15) is 14.0 Å². The van der Waals surface area contributed by atoms with E-state index in [2.05, 4.69) is 29.3 Å². The molecule has 5 nitrogen and oxygen atoms in total. The third-order valence-corrected chi connectivity index (χ3v) is 6.93. The van der Waals surface area contributed by atoms with Crippen molar-refractivity contribution in [2.24, 2.45) is 5.41 Å². The third kappa shape index (κ3) is 4.30. The summed E-state index contributed by atoms with van der Waals surface area (Å²) in [6.45, 7) is 2.29. The number of aromatic amines is 1. The number of carbonyl (C=O) groups excluding carboxylic acids is 2. The summed E-state index contributed by atoms with van der Waals surface area (Å²) in [6, 6.07) is 16.4. The van der Waals surface area contributed by atoms with Gasteiger partial charge < -0.3 is 14.8 Å². The highest BCUT2D eigenvalue weighted by Gasteiger charge is 2.45. The van der Waals surface area contributed by atoms with E-state index in [1.165, 1.54) is 17.7 Å². The maximum Gasteiger partial charge on any atom is 0.270 e. The van der Waals surface area contributed by atoms with Gasteiger partial charge in [0.15, 0.2) is 0 Å². The Labute approximate surface area is 192 Å². The number of hydrogen-bond donors (Lipinski definition) is 1. The summed E-state index contributed by atoms with van der Waals surface area (Å²) >= 11 is 0. The van der Waals surface area contributed by atoms with Gasteiger partial charge in [-0.1, -0.05) is 42.5 Å². The van der Waals surface area contributed by atoms with Crippen molar-refractivity contribution in [3.8, 4) is 0 Å². The van der Waals surface area contributed by atoms with E-state index in [1.54, 1.807) is 17.0 Å². The Morgan fingerprint density at radius 2 is 1.94 bits per heavy atom. The van der Waals surface area contributed by atoms with Gasteiger partial charge in [-0.25, -0.2) is 4.39 Å². The Morgan fingerprint density at radius 3 is 2.79 bits per heavy atom. The van der Waals surface area contributed by atoms with Crippen molar-refractivity contribution >= 4 is 22.7 Å². The third-order valence-electron chi connectivity index (χ3n) is 6.93. The molecule has 0 radical (unpaired) electrons. The quantitative estimate of drug-likeness (QED) is 0.599. The van der Waals surface area contributed by atoms with Crippen LogP contribution < -0.4 is 0 Å². The first-order valence-corrected chi connectivity index (χ1v) is 11.6. The Kier molecular flexibility index (Phi) is 5.75. The van der Waals surface area contributed by atoms with E-state index >= 15 is 0 Å². The molecule has 1 aromatic heterocycles. The van der Waals surface area contributed by atoms with Crippen LogP contribution in [0.4, 0.5) is 4.39 Å². The first-order valence-electron chi connectivity index (χ1n) is 11.6. The molecule has 0 saturated carbocycles. The minimum atomic E-state index is -0.588. The van der Waals surface area contributed by atoms with Crippen molar-refractivity contribution in [2.75, 3.05) is 26.2 Å². The zero-order chi connectivity index (χ0) is 22.8. The first kappa shape index (κ1) is 21.4. The molecular weight excluding hydrogens is 417 g/mol. The maximum atomic E-state index is 13.7. The molecule has 33 heavy (non-hydrogen) atoms. The second-order valence-electron chi connectivity index (χ2n) is 9.19. The molecular formula is C27H28FN3O2. The van der Waals surface area contributed by atoms with Gasteiger partial charge in [0, 0.05) is 37.1 Å². The zero-order valence-electron chi connectivity index (χ0n) is 18.6. The summed E-state index contributed by atoms with van der Waals surface area (Å²) in [5, 5.41) is 0.798. The normalized spacial score (nSPS) is 21.1. The molecule has 1 fully saturated rings. The van der Waals surface area contributed by atoms with Crippen LogP contribution >= 0.6 is 0 Å². The van der Waals surface area contributed by atoms with Gasteiger partial charge in [-0.2, -0.15) is 0 Å². The molecule has 2 amide bonds. The van der Waals surface area contributed by atoms with E-state index in [-0.39, 0.29) is 17.6 Å². The lowest BCUT2D eigenvalue weighted by Gasteiger charge is -2.42. The highest BCUT2D eigenvalue weighted by molar-refractivity contribution is 5.98. The summed E-state index contributed by atoms with van der Waals surface area (Å²) in [7, 11) is 0. The van der Waals surface area contributed by atoms with Gasteiger partial charge in [0.2, 0.25) is 5.91 Å². The molecule has 1 atom stereocenters. The molecule has 3 aromatic rings. The Morgan fingerprint density at radius 1 is 1.09 bits per heavy atom. The average molecular weight is 446 g/mol. The molecule has 0 aliphatic carbocycles. The maximum absolute atomic E-state index is 13.7. The Balaban J connectivity index is 1.34. The number of fused-ring (bicyclic) bond motifs is 1. The molecule has 170 valence electrons. The van der Waals surface area contributed by atoms with E-state index in [0.717, 1.165) is 24.6 Å². The fourth-order valence-corrected chi connectivity index (χ4v) is 5.15. The van der Waals surface area contributed by atoms with Crippen LogP contribution in [0.25, 0.3) is 10.9 Å². The molecule has 1 spiro atoms. The van der Waals surface area contributed by atoms with Crippen molar-refractivity contribution in [1.82, 2.24) is 14.8 Å². The topological polar surface area (TPSA) is 56.4 Å². The summed E-state index contributed by atoms with van der Waals surface area (Å²) in [6.07, 6.45) is 7.19. The number of hydrogen-bond acceptors (Lipinski definition) is 2. The number of nitrogens with one attached hydrogen (secondary N) is 1. The van der Waals surface area contributed by atoms with Gasteiger partial charge in [0.25, 0.3) is 5.91 Å². The summed E-state index contributed by atoms with van der Waals surface area (Å²) in [4.78, 5) is 33.8. The zero-order valence-corrected chi connectivity index (χ0v) is 18.6. The minimum Gasteiger partial charge on any atom is -0.350 e. The number of carbonyl (C=O) groups is 2. The second-order valence-corrected chi connectivity index (χ2v) is 9.19.